The van der Waals surface area contributed by atoms with E-state index in [0.717, 1.165) is 0 Å². The zero-order valence-corrected chi connectivity index (χ0v) is 8.73. The van der Waals surface area contributed by atoms with E-state index in [1.165, 1.54) is 0 Å². The van der Waals surface area contributed by atoms with Gasteiger partial charge in [-0.15, -0.1) is 0 Å². The van der Waals surface area contributed by atoms with E-state index >= 15 is 0 Å². The lowest BCUT2D eigenvalue weighted by Crippen LogP contribution is -2.08. The molecule has 0 spiro atoms. The third-order valence-electron chi connectivity index (χ3n) is 1.59. The summed E-state index contributed by atoms with van der Waals surface area (Å²) in [4.78, 5) is 10.5. The summed E-state index contributed by atoms with van der Waals surface area (Å²) in [6, 6.07) is 0. The summed E-state index contributed by atoms with van der Waals surface area (Å²) in [5.41, 5.74) is -1.37. The summed E-state index contributed by atoms with van der Waals surface area (Å²) in [7, 11) is 0. The van der Waals surface area contributed by atoms with Gasteiger partial charge in [0, 0.05) is 22.6 Å². The van der Waals surface area contributed by atoms with Gasteiger partial charge in [0.1, 0.15) is 6.08 Å². The van der Waals surface area contributed by atoms with Gasteiger partial charge in [0.25, 0.3) is 0 Å². The molecular formula is C11H19ClO3. The van der Waals surface area contributed by atoms with Crippen LogP contribution in [0.15, 0.2) is 0 Å². The molecule has 3 nitrogen and oxygen atoms in total. The van der Waals surface area contributed by atoms with Crippen LogP contribution in [0.3, 0.4) is 0 Å². The minimum atomic E-state index is -2.60. The monoisotopic (exact) mass is 244 g/mol. The molecule has 0 saturated heterocycles. The molecule has 15 heavy (non-hydrogen) atoms. The molecule has 0 aromatic carbocycles. The zero-order valence-electron chi connectivity index (χ0n) is 18.0. The number of carbonyl (C=O) groups is 1. The van der Waals surface area contributed by atoms with Crippen LogP contribution in [0.25, 0.3) is 0 Å². The van der Waals surface area contributed by atoms with Gasteiger partial charge in [0.05, 0.1) is 8.82 Å². The van der Waals surface area contributed by atoms with Crippen LogP contribution in [0.1, 0.15) is 64.9 Å². The van der Waals surface area contributed by atoms with Crippen molar-refractivity contribution in [2.75, 3.05) is 0 Å². The van der Waals surface area contributed by atoms with E-state index in [4.69, 9.17) is 30.4 Å². The lowest BCUT2D eigenvalue weighted by molar-refractivity contribution is 0.125. The zero-order chi connectivity index (χ0) is 20.1. The van der Waals surface area contributed by atoms with Crippen molar-refractivity contribution in [3.63, 3.8) is 0 Å². The average molecular weight is 245 g/mol. The van der Waals surface area contributed by atoms with Crippen molar-refractivity contribution in [1.29, 1.82) is 0 Å². The first-order valence-corrected chi connectivity index (χ1v) is 4.82. The maximum atomic E-state index is 10.5. The van der Waals surface area contributed by atoms with Crippen LogP contribution in [0.2, 0.25) is 0 Å². The molecule has 0 atom stereocenters. The highest BCUT2D eigenvalue weighted by atomic mass is 35.5. The Balaban J connectivity index is 0.000000257. The van der Waals surface area contributed by atoms with Crippen LogP contribution >= 0.6 is 11.6 Å². The van der Waals surface area contributed by atoms with Crippen molar-refractivity contribution in [3.8, 4) is 0 Å². The Bertz CT molecular complexity index is 502. The van der Waals surface area contributed by atoms with Crippen LogP contribution < -0.4 is 0 Å². The number of rotatable bonds is 1. The molecule has 0 radical (unpaired) electrons. The number of hydrogen-bond acceptors (Lipinski definition) is 3. The van der Waals surface area contributed by atoms with E-state index < -0.39 is 43.1 Å². The van der Waals surface area contributed by atoms with E-state index in [0.29, 0.717) is 0 Å². The van der Waals surface area contributed by atoms with E-state index in [2.05, 4.69) is 4.74 Å². The summed E-state index contributed by atoms with van der Waals surface area (Å²) < 4.78 is 77.0. The van der Waals surface area contributed by atoms with Crippen molar-refractivity contribution in [1.82, 2.24) is 0 Å². The van der Waals surface area contributed by atoms with Crippen molar-refractivity contribution >= 4 is 17.0 Å². The van der Waals surface area contributed by atoms with Crippen molar-refractivity contribution in [2.45, 2.75) is 63.3 Å². The molecule has 2 aliphatic carbocycles. The minimum absolute atomic E-state index is 0.0972. The van der Waals surface area contributed by atoms with E-state index in [9.17, 15) is 4.79 Å². The van der Waals surface area contributed by atoms with Gasteiger partial charge < -0.3 is 9.84 Å². The average Bonchev–Trinajstić information content (AvgIpc) is 2.65. The van der Waals surface area contributed by atoms with Crippen LogP contribution in [-0.4, -0.2) is 22.7 Å². The van der Waals surface area contributed by atoms with Crippen molar-refractivity contribution in [2.24, 2.45) is 0 Å². The molecule has 0 heterocycles. The van der Waals surface area contributed by atoms with Crippen LogP contribution in [0, 0.1) is 0 Å². The Morgan fingerprint density at radius 3 is 2.07 bits per heavy atom. The standard InChI is InChI=1S/C6H9ClO2.C5H10O/c7-6(8)9-5-3-1-2-4-5;6-5-3-1-2-4-5/h5H,1-4H2;5-6H,1-4H2/i2*3D2,4D2,5D. The molecule has 2 saturated carbocycles. The summed E-state index contributed by atoms with van der Waals surface area (Å²) >= 11 is 4.89. The largest absolute Gasteiger partial charge is 0.450 e. The smallest absolute Gasteiger partial charge is 0.404 e. The van der Waals surface area contributed by atoms with Crippen molar-refractivity contribution in [3.05, 3.63) is 0 Å². The Morgan fingerprint density at radius 1 is 1.27 bits per heavy atom. The molecule has 0 aromatic rings. The number of hydrogen-bond donors (Lipinski definition) is 1. The second-order valence-electron chi connectivity index (χ2n) is 2.72. The highest BCUT2D eigenvalue weighted by Crippen LogP contribution is 2.21. The first kappa shape index (κ1) is 4.53. The van der Waals surface area contributed by atoms with Crippen LogP contribution in [0.4, 0.5) is 4.79 Å². The molecule has 88 valence electrons. The molecule has 0 amide bonds. The van der Waals surface area contributed by atoms with E-state index in [1.807, 2.05) is 0 Å². The molecule has 0 aliphatic heterocycles. The Labute approximate surface area is 110 Å². The summed E-state index contributed by atoms with van der Waals surface area (Å²) in [5, 5.41) is 9.17. The fourth-order valence-corrected chi connectivity index (χ4v) is 1.07. The third-order valence-corrected chi connectivity index (χ3v) is 1.67. The van der Waals surface area contributed by atoms with Gasteiger partial charge in [0.15, 0.2) is 0 Å². The second-order valence-corrected chi connectivity index (χ2v) is 3.03. The summed E-state index contributed by atoms with van der Waals surface area (Å²) in [5.74, 6) is 0. The number of carbonyl (C=O) groups excluding carboxylic acids is 1. The normalized spacial score (nSPS) is 49.7. The van der Waals surface area contributed by atoms with Gasteiger partial charge in [-0.05, 0) is 38.3 Å². The van der Waals surface area contributed by atoms with Gasteiger partial charge in [0.2, 0.25) is 0 Å². The highest BCUT2D eigenvalue weighted by molar-refractivity contribution is 6.61. The predicted molar refractivity (Wildman–Crippen MR) is 59.1 cm³/mol. The minimum Gasteiger partial charge on any atom is -0.450 e. The Hall–Kier alpha value is -0.280. The highest BCUT2D eigenvalue weighted by Gasteiger charge is 2.17. The number of halogens is 1. The summed E-state index contributed by atoms with van der Waals surface area (Å²) in [6.07, 6.45) is -14.4. The van der Waals surface area contributed by atoms with Gasteiger partial charge in [-0.3, -0.25) is 0 Å². The topological polar surface area (TPSA) is 46.5 Å². The van der Waals surface area contributed by atoms with Gasteiger partial charge in [-0.2, -0.15) is 0 Å². The Morgan fingerprint density at radius 2 is 1.73 bits per heavy atom. The number of ether oxygens (including phenoxy) is 1. The Kier molecular flexibility index (Phi) is 2.14. The number of aliphatic hydroxyl groups is 1. The maximum absolute atomic E-state index is 10.5. The quantitative estimate of drug-likeness (QED) is 0.721. The lowest BCUT2D eigenvalue weighted by atomic mass is 10.3. The first-order chi connectivity index (χ1) is 10.8. The van der Waals surface area contributed by atoms with Gasteiger partial charge >= 0.3 is 5.43 Å². The third kappa shape index (κ3) is 6.00. The molecule has 4 heteroatoms. The maximum Gasteiger partial charge on any atom is 0.404 e. The molecule has 1 N–H and O–H groups in total. The first-order valence-electron chi connectivity index (χ1n) is 9.44. The second kappa shape index (κ2) is 7.07. The van der Waals surface area contributed by atoms with Crippen molar-refractivity contribution < 1.29 is 28.3 Å². The fraction of sp³-hybridized carbons (Fsp3) is 0.909. The van der Waals surface area contributed by atoms with Gasteiger partial charge in [-0.1, -0.05) is 12.8 Å². The molecule has 0 aromatic heterocycles. The molecule has 0 bridgehead atoms. The molecule has 0 unspecified atom stereocenters. The lowest BCUT2D eigenvalue weighted by Gasteiger charge is -2.05. The van der Waals surface area contributed by atoms with E-state index in [-0.39, 0.29) is 25.7 Å². The predicted octanol–water partition coefficient (Wildman–Crippen LogP) is 3.23. The fourth-order valence-electron chi connectivity index (χ4n) is 0.991. The molecule has 2 rings (SSSR count). The van der Waals surface area contributed by atoms with Crippen LogP contribution in [0.5, 0.6) is 0 Å². The molecular weight excluding hydrogens is 216 g/mol. The summed E-state index contributed by atoms with van der Waals surface area (Å²) in [6.45, 7) is 0. The van der Waals surface area contributed by atoms with Gasteiger partial charge in [-0.25, -0.2) is 4.79 Å². The SMILES string of the molecule is [2H]C1([2H])CCC([2H])([2H])C1([2H])O.[2H]C1([2H])CCC([2H])([2H])C1([2H])OC(=O)Cl. The van der Waals surface area contributed by atoms with E-state index in [1.54, 1.807) is 0 Å². The van der Waals surface area contributed by atoms with Crippen LogP contribution in [-0.2, 0) is 4.74 Å². The molecule has 2 fully saturated rings. The molecule has 2 aliphatic rings.